The number of benzene rings is 2. The zero-order chi connectivity index (χ0) is 52.6. The molecule has 0 fully saturated rings. The van der Waals surface area contributed by atoms with Crippen molar-refractivity contribution >= 4 is 35.5 Å². The maximum absolute atomic E-state index is 13.7. The van der Waals surface area contributed by atoms with E-state index in [2.05, 4.69) is 43.6 Å². The second-order valence-corrected chi connectivity index (χ2v) is 17.9. The van der Waals surface area contributed by atoms with E-state index in [1.54, 1.807) is 29.2 Å². The number of ether oxygens (including phenoxy) is 4. The molecule has 2 aromatic rings. The number of amides is 5. The van der Waals surface area contributed by atoms with Gasteiger partial charge in [0.1, 0.15) is 0 Å². The van der Waals surface area contributed by atoms with Gasteiger partial charge in [0.05, 0.1) is 44.2 Å². The van der Waals surface area contributed by atoms with Gasteiger partial charge in [-0.25, -0.2) is 5.06 Å². The van der Waals surface area contributed by atoms with Crippen LogP contribution in [0.5, 0.6) is 23.0 Å². The normalized spacial score (nSPS) is 10.8. The Morgan fingerprint density at radius 2 is 0.931 bits per heavy atom. The number of unbranched alkanes of at least 4 members (excludes halogenated alkanes) is 8. The monoisotopic (exact) mass is 1010 g/mol. The van der Waals surface area contributed by atoms with Crippen molar-refractivity contribution in [3.05, 3.63) is 47.5 Å². The number of carbonyl (C=O) groups is 6. The van der Waals surface area contributed by atoms with Gasteiger partial charge in [0.25, 0.3) is 11.8 Å². The molecule has 17 heteroatoms. The smallest absolute Gasteiger partial charge is 0.303 e. The number of carboxylic acids is 1. The number of hydrogen-bond donors (Lipinski definition) is 4. The lowest BCUT2D eigenvalue weighted by Gasteiger charge is -2.23. The van der Waals surface area contributed by atoms with Crippen molar-refractivity contribution in [3.8, 4) is 23.0 Å². The van der Waals surface area contributed by atoms with Gasteiger partial charge in [-0.3, -0.25) is 33.6 Å². The minimum Gasteiger partial charge on any atom is -0.490 e. The molecular formula is C55H89N5O12. The van der Waals surface area contributed by atoms with Gasteiger partial charge in [0, 0.05) is 65.0 Å². The maximum atomic E-state index is 13.7. The standard InChI is InChI=1S/C55H89N5O12/c1-6-11-39-68-46-27-21-25-44(52(46)70-41-13-8-3)54(66)57-34-18-20-36-59(37-24-35-58-55(67)45-26-22-28-47(69-40-12-7-2)53(45)71-42-14-9-4)49(62)32-31-48(61)56-33-17-16-19-38-60(72-43-15-10-5)50(63)29-23-30-51(64)65/h21-22,25-28H,6-20,23-24,29-43H2,1-5H3,(H,56,61)(H,57,66)(H,58,67)(H,64,65). The fourth-order valence-corrected chi connectivity index (χ4v) is 7.21. The molecule has 406 valence electrons. The minimum absolute atomic E-state index is 0.00371. The highest BCUT2D eigenvalue weighted by molar-refractivity contribution is 5.98. The molecule has 0 aliphatic heterocycles. The summed E-state index contributed by atoms with van der Waals surface area (Å²) in [4.78, 5) is 84.6. The molecule has 0 spiro atoms. The van der Waals surface area contributed by atoms with Gasteiger partial charge < -0.3 is 44.9 Å². The number of carbonyl (C=O) groups excluding carboxylic acids is 5. The summed E-state index contributed by atoms with van der Waals surface area (Å²) in [5.41, 5.74) is 0.792. The average Bonchev–Trinajstić information content (AvgIpc) is 3.37. The SMILES string of the molecule is CCCCOc1cccc(C(=O)NCCCCN(CCCNC(=O)c2cccc(OCCCC)c2OCCCC)C(=O)CCC(=O)NCCCCCN(OCCCC)C(=O)CCCC(=O)O)c1OCCCC. The van der Waals surface area contributed by atoms with E-state index in [-0.39, 0.29) is 61.6 Å². The highest BCUT2D eigenvalue weighted by atomic mass is 16.7. The largest absolute Gasteiger partial charge is 0.490 e. The van der Waals surface area contributed by atoms with Gasteiger partial charge in [0.15, 0.2) is 23.0 Å². The predicted molar refractivity (Wildman–Crippen MR) is 280 cm³/mol. The lowest BCUT2D eigenvalue weighted by molar-refractivity contribution is -0.187. The van der Waals surface area contributed by atoms with E-state index in [4.69, 9.17) is 28.9 Å². The first-order valence-corrected chi connectivity index (χ1v) is 27.0. The first-order valence-electron chi connectivity index (χ1n) is 27.0. The molecule has 0 heterocycles. The molecular weight excluding hydrogens is 923 g/mol. The molecule has 0 atom stereocenters. The van der Waals surface area contributed by atoms with Crippen LogP contribution in [0, 0.1) is 0 Å². The third kappa shape index (κ3) is 26.7. The molecule has 2 rings (SSSR count). The molecule has 4 N–H and O–H groups in total. The van der Waals surface area contributed by atoms with Crippen LogP contribution in [0.3, 0.4) is 0 Å². The highest BCUT2D eigenvalue weighted by Gasteiger charge is 2.21. The van der Waals surface area contributed by atoms with Crippen LogP contribution < -0.4 is 34.9 Å². The average molecular weight is 1010 g/mol. The maximum Gasteiger partial charge on any atom is 0.303 e. The molecule has 0 aliphatic rings. The van der Waals surface area contributed by atoms with Crippen LogP contribution >= 0.6 is 0 Å². The summed E-state index contributed by atoms with van der Waals surface area (Å²) in [6, 6.07) is 10.7. The lowest BCUT2D eigenvalue weighted by atomic mass is 10.1. The number of nitrogens with one attached hydrogen (secondary N) is 3. The van der Waals surface area contributed by atoms with Gasteiger partial charge in [-0.2, -0.15) is 0 Å². The fraction of sp³-hybridized carbons (Fsp3) is 0.673. The van der Waals surface area contributed by atoms with Crippen molar-refractivity contribution in [2.75, 3.05) is 72.3 Å². The van der Waals surface area contributed by atoms with Crippen molar-refractivity contribution < 1.29 is 57.7 Å². The number of hydroxylamine groups is 2. The van der Waals surface area contributed by atoms with Crippen molar-refractivity contribution in [1.82, 2.24) is 25.9 Å². The number of aliphatic carboxylic acids is 1. The summed E-state index contributed by atoms with van der Waals surface area (Å²) < 4.78 is 24.1. The summed E-state index contributed by atoms with van der Waals surface area (Å²) in [5.74, 6) is -0.238. The van der Waals surface area contributed by atoms with E-state index in [0.29, 0.717) is 139 Å². The fourth-order valence-electron chi connectivity index (χ4n) is 7.21. The molecule has 0 saturated carbocycles. The summed E-state index contributed by atoms with van der Waals surface area (Å²) in [7, 11) is 0. The summed E-state index contributed by atoms with van der Waals surface area (Å²) >= 11 is 0. The van der Waals surface area contributed by atoms with Crippen LogP contribution in [-0.2, 0) is 24.0 Å². The Bertz CT molecular complexity index is 1860. The highest BCUT2D eigenvalue weighted by Crippen LogP contribution is 2.33. The molecule has 2 aromatic carbocycles. The van der Waals surface area contributed by atoms with Gasteiger partial charge in [-0.05, 0) is 101 Å². The van der Waals surface area contributed by atoms with E-state index >= 15 is 0 Å². The molecule has 72 heavy (non-hydrogen) atoms. The van der Waals surface area contributed by atoms with Crippen LogP contribution in [0.4, 0.5) is 0 Å². The summed E-state index contributed by atoms with van der Waals surface area (Å²) in [5, 5.41) is 19.2. The quantitative estimate of drug-likeness (QED) is 0.0361. The molecule has 0 aromatic heterocycles. The molecule has 0 bridgehead atoms. The molecule has 17 nitrogen and oxygen atoms in total. The molecule has 5 amide bonds. The third-order valence-electron chi connectivity index (χ3n) is 11.6. The van der Waals surface area contributed by atoms with Gasteiger partial charge in [-0.15, -0.1) is 0 Å². The van der Waals surface area contributed by atoms with Crippen LogP contribution in [0.1, 0.15) is 190 Å². The number of nitrogens with zero attached hydrogens (tertiary/aromatic N) is 2. The van der Waals surface area contributed by atoms with Gasteiger partial charge in [0.2, 0.25) is 17.7 Å². The van der Waals surface area contributed by atoms with Crippen molar-refractivity contribution in [3.63, 3.8) is 0 Å². The van der Waals surface area contributed by atoms with Crippen LogP contribution in [0.15, 0.2) is 36.4 Å². The van der Waals surface area contributed by atoms with Crippen molar-refractivity contribution in [2.45, 2.75) is 169 Å². The lowest BCUT2D eigenvalue weighted by Crippen LogP contribution is -2.36. The van der Waals surface area contributed by atoms with Crippen LogP contribution in [0.2, 0.25) is 0 Å². The number of rotatable bonds is 44. The van der Waals surface area contributed by atoms with E-state index in [9.17, 15) is 28.8 Å². The predicted octanol–water partition coefficient (Wildman–Crippen LogP) is 9.44. The Morgan fingerprint density at radius 3 is 1.47 bits per heavy atom. The third-order valence-corrected chi connectivity index (χ3v) is 11.6. The zero-order valence-electron chi connectivity index (χ0n) is 44.4. The van der Waals surface area contributed by atoms with E-state index < -0.39 is 5.97 Å². The van der Waals surface area contributed by atoms with Crippen molar-refractivity contribution in [1.29, 1.82) is 0 Å². The van der Waals surface area contributed by atoms with Crippen LogP contribution in [0.25, 0.3) is 0 Å². The molecule has 0 aliphatic carbocycles. The Morgan fingerprint density at radius 1 is 0.458 bits per heavy atom. The number of para-hydroxylation sites is 2. The topological polar surface area (TPSA) is 211 Å². The second-order valence-electron chi connectivity index (χ2n) is 17.9. The van der Waals surface area contributed by atoms with Gasteiger partial charge in [-0.1, -0.05) is 78.9 Å². The zero-order valence-corrected chi connectivity index (χ0v) is 44.4. The summed E-state index contributed by atoms with van der Waals surface area (Å²) in [6.07, 6.45) is 12.9. The Labute approximate surface area is 430 Å². The minimum atomic E-state index is -0.943. The molecule has 0 unspecified atom stereocenters. The number of hydrogen-bond acceptors (Lipinski definition) is 11. The Balaban J connectivity index is 2.03. The molecule has 0 radical (unpaired) electrons. The Hall–Kier alpha value is -5.58. The first-order chi connectivity index (χ1) is 35.0. The first kappa shape index (κ1) is 62.5. The molecule has 0 saturated heterocycles. The second kappa shape index (κ2) is 40.0. The van der Waals surface area contributed by atoms with E-state index in [1.165, 1.54) is 5.06 Å². The van der Waals surface area contributed by atoms with E-state index in [1.807, 2.05) is 19.1 Å². The number of carboxylic acid groups (broad SMARTS) is 1. The van der Waals surface area contributed by atoms with E-state index in [0.717, 1.165) is 70.6 Å². The summed E-state index contributed by atoms with van der Waals surface area (Å²) in [6.45, 7) is 14.9. The van der Waals surface area contributed by atoms with Gasteiger partial charge >= 0.3 is 5.97 Å². The Kier molecular flexibility index (Phi) is 34.7. The van der Waals surface area contributed by atoms with Crippen molar-refractivity contribution in [2.24, 2.45) is 0 Å². The van der Waals surface area contributed by atoms with Crippen LogP contribution in [-0.4, -0.2) is 123 Å².